The number of hydrogen-bond donors (Lipinski definition) is 2. The van der Waals surface area contributed by atoms with E-state index in [1.807, 2.05) is 25.1 Å². The molecule has 1 aromatic carbocycles. The molecule has 0 radical (unpaired) electrons. The Morgan fingerprint density at radius 2 is 2.06 bits per heavy atom. The first-order chi connectivity index (χ1) is 8.65. The predicted octanol–water partition coefficient (Wildman–Crippen LogP) is 3.03. The number of nitrogens with zero attached hydrogens (tertiary/aromatic N) is 1. The Labute approximate surface area is 111 Å². The zero-order valence-corrected chi connectivity index (χ0v) is 11.1. The summed E-state index contributed by atoms with van der Waals surface area (Å²) in [5.74, 6) is 1.36. The predicted molar refractivity (Wildman–Crippen MR) is 75.5 cm³/mol. The van der Waals surface area contributed by atoms with Crippen molar-refractivity contribution in [1.82, 2.24) is 10.5 Å². The van der Waals surface area contributed by atoms with Crippen molar-refractivity contribution in [3.8, 4) is 0 Å². The molecule has 5 heteroatoms. The van der Waals surface area contributed by atoms with Crippen LogP contribution in [0.15, 0.2) is 40.9 Å². The molecule has 0 aliphatic carbocycles. The molecule has 0 aliphatic rings. The molecule has 2 N–H and O–H groups in total. The molecule has 2 rings (SSSR count). The van der Waals surface area contributed by atoms with Crippen LogP contribution in [0.3, 0.4) is 0 Å². The van der Waals surface area contributed by atoms with E-state index in [1.165, 1.54) is 5.56 Å². The summed E-state index contributed by atoms with van der Waals surface area (Å²) in [5, 5.41) is 10.5. The highest BCUT2D eigenvalue weighted by Crippen LogP contribution is 2.12. The lowest BCUT2D eigenvalue weighted by Crippen LogP contribution is -2.30. The van der Waals surface area contributed by atoms with E-state index in [0.717, 1.165) is 5.76 Å². The van der Waals surface area contributed by atoms with E-state index in [-0.39, 0.29) is 6.04 Å². The largest absolute Gasteiger partial charge is 0.360 e. The van der Waals surface area contributed by atoms with E-state index in [0.29, 0.717) is 10.9 Å². The van der Waals surface area contributed by atoms with Gasteiger partial charge < -0.3 is 15.2 Å². The van der Waals surface area contributed by atoms with Gasteiger partial charge in [0.05, 0.1) is 6.04 Å². The van der Waals surface area contributed by atoms with Crippen molar-refractivity contribution in [2.24, 2.45) is 0 Å². The van der Waals surface area contributed by atoms with Crippen molar-refractivity contribution >= 4 is 23.1 Å². The van der Waals surface area contributed by atoms with Crippen LogP contribution in [0, 0.1) is 6.92 Å². The molecule has 1 heterocycles. The van der Waals surface area contributed by atoms with E-state index in [9.17, 15) is 0 Å². The lowest BCUT2D eigenvalue weighted by molar-refractivity contribution is 0.400. The van der Waals surface area contributed by atoms with Crippen molar-refractivity contribution in [1.29, 1.82) is 0 Å². The van der Waals surface area contributed by atoms with Gasteiger partial charge in [0.2, 0.25) is 0 Å². The summed E-state index contributed by atoms with van der Waals surface area (Å²) in [6.07, 6.45) is 0. The average molecular weight is 261 g/mol. The molecule has 0 saturated carbocycles. The number of aryl methyl sites for hydroxylation is 1. The summed E-state index contributed by atoms with van der Waals surface area (Å²) in [4.78, 5) is 0. The normalized spacial score (nSPS) is 11.9. The molecule has 1 unspecified atom stereocenters. The molecular weight excluding hydrogens is 246 g/mol. The minimum absolute atomic E-state index is 0.138. The second-order valence-electron chi connectivity index (χ2n) is 4.05. The van der Waals surface area contributed by atoms with E-state index < -0.39 is 0 Å². The zero-order valence-electron chi connectivity index (χ0n) is 10.3. The molecule has 0 aliphatic heterocycles. The zero-order chi connectivity index (χ0) is 13.0. The van der Waals surface area contributed by atoms with Gasteiger partial charge in [-0.15, -0.1) is 0 Å². The Kier molecular flexibility index (Phi) is 3.94. The molecule has 2 aromatic rings. The molecule has 0 saturated heterocycles. The van der Waals surface area contributed by atoms with Crippen LogP contribution < -0.4 is 10.6 Å². The Hall–Kier alpha value is -1.88. The molecule has 94 valence electrons. The van der Waals surface area contributed by atoms with Crippen molar-refractivity contribution < 1.29 is 4.52 Å². The molecule has 18 heavy (non-hydrogen) atoms. The molecule has 0 bridgehead atoms. The second-order valence-corrected chi connectivity index (χ2v) is 4.46. The van der Waals surface area contributed by atoms with Gasteiger partial charge in [-0.2, -0.15) is 0 Å². The van der Waals surface area contributed by atoms with Crippen molar-refractivity contribution in [3.63, 3.8) is 0 Å². The number of nitrogens with one attached hydrogen (secondary N) is 2. The third-order valence-corrected chi connectivity index (χ3v) is 2.74. The Balaban J connectivity index is 1.92. The van der Waals surface area contributed by atoms with Gasteiger partial charge >= 0.3 is 0 Å². The van der Waals surface area contributed by atoms with Gasteiger partial charge in [0.25, 0.3) is 0 Å². The molecule has 0 fully saturated rings. The van der Waals surface area contributed by atoms with Crippen molar-refractivity contribution in [3.05, 3.63) is 47.7 Å². The standard InChI is InChI=1S/C13H15N3OS/c1-9-8-12(16-17-9)15-13(18)14-10(2)11-6-4-3-5-7-11/h3-8,10H,1-2H3,(H2,14,15,16,18). The van der Waals surface area contributed by atoms with Crippen LogP contribution in [-0.2, 0) is 0 Å². The first-order valence-electron chi connectivity index (χ1n) is 5.71. The fourth-order valence-corrected chi connectivity index (χ4v) is 1.88. The SMILES string of the molecule is Cc1cc(NC(=S)NC(C)c2ccccc2)no1. The summed E-state index contributed by atoms with van der Waals surface area (Å²) < 4.78 is 4.96. The second kappa shape index (κ2) is 5.64. The highest BCUT2D eigenvalue weighted by atomic mass is 32.1. The third-order valence-electron chi connectivity index (χ3n) is 2.52. The van der Waals surface area contributed by atoms with Crippen molar-refractivity contribution in [2.75, 3.05) is 5.32 Å². The minimum Gasteiger partial charge on any atom is -0.360 e. The molecule has 1 atom stereocenters. The first-order valence-corrected chi connectivity index (χ1v) is 6.12. The number of thiocarbonyl (C=S) groups is 1. The van der Waals surface area contributed by atoms with Gasteiger partial charge in [-0.05, 0) is 31.6 Å². The first kappa shape index (κ1) is 12.6. The van der Waals surface area contributed by atoms with Crippen LogP contribution in [0.4, 0.5) is 5.82 Å². The average Bonchev–Trinajstić information content (AvgIpc) is 2.75. The maximum Gasteiger partial charge on any atom is 0.175 e. The Morgan fingerprint density at radius 1 is 1.33 bits per heavy atom. The van der Waals surface area contributed by atoms with Crippen LogP contribution in [0.5, 0.6) is 0 Å². The van der Waals surface area contributed by atoms with Crippen LogP contribution >= 0.6 is 12.2 Å². The summed E-state index contributed by atoms with van der Waals surface area (Å²) in [5.41, 5.74) is 1.18. The fraction of sp³-hybridized carbons (Fsp3) is 0.231. The van der Waals surface area contributed by atoms with Gasteiger partial charge in [0, 0.05) is 6.07 Å². The van der Waals surface area contributed by atoms with Crippen LogP contribution in [0.25, 0.3) is 0 Å². The van der Waals surface area contributed by atoms with E-state index >= 15 is 0 Å². The lowest BCUT2D eigenvalue weighted by atomic mass is 10.1. The van der Waals surface area contributed by atoms with E-state index in [2.05, 4.69) is 34.8 Å². The van der Waals surface area contributed by atoms with E-state index in [4.69, 9.17) is 16.7 Å². The number of benzene rings is 1. The number of aromatic nitrogens is 1. The van der Waals surface area contributed by atoms with Crippen LogP contribution in [0.1, 0.15) is 24.3 Å². The smallest absolute Gasteiger partial charge is 0.175 e. The summed E-state index contributed by atoms with van der Waals surface area (Å²) in [6.45, 7) is 3.89. The summed E-state index contributed by atoms with van der Waals surface area (Å²) in [6, 6.07) is 12.0. The maximum absolute atomic E-state index is 5.22. The summed E-state index contributed by atoms with van der Waals surface area (Å²) >= 11 is 5.22. The molecule has 4 nitrogen and oxygen atoms in total. The molecular formula is C13H15N3OS. The van der Waals surface area contributed by atoms with Crippen molar-refractivity contribution in [2.45, 2.75) is 19.9 Å². The monoisotopic (exact) mass is 261 g/mol. The Bertz CT molecular complexity index is 524. The van der Waals surface area contributed by atoms with Gasteiger partial charge in [-0.3, -0.25) is 0 Å². The summed E-state index contributed by atoms with van der Waals surface area (Å²) in [7, 11) is 0. The minimum atomic E-state index is 0.138. The van der Waals surface area contributed by atoms with Crippen LogP contribution in [0.2, 0.25) is 0 Å². The number of rotatable bonds is 3. The number of hydrogen-bond acceptors (Lipinski definition) is 3. The quantitative estimate of drug-likeness (QED) is 0.832. The highest BCUT2D eigenvalue weighted by Gasteiger charge is 2.07. The van der Waals surface area contributed by atoms with Gasteiger partial charge in [0.1, 0.15) is 5.76 Å². The van der Waals surface area contributed by atoms with Gasteiger partial charge in [-0.1, -0.05) is 35.5 Å². The molecule has 0 amide bonds. The highest BCUT2D eigenvalue weighted by molar-refractivity contribution is 7.80. The molecule has 1 aromatic heterocycles. The van der Waals surface area contributed by atoms with Gasteiger partial charge in [0.15, 0.2) is 10.9 Å². The number of anilines is 1. The maximum atomic E-state index is 5.22. The van der Waals surface area contributed by atoms with Gasteiger partial charge in [-0.25, -0.2) is 0 Å². The van der Waals surface area contributed by atoms with Crippen LogP contribution in [-0.4, -0.2) is 10.3 Å². The topological polar surface area (TPSA) is 50.1 Å². The van der Waals surface area contributed by atoms with E-state index in [1.54, 1.807) is 6.07 Å². The third kappa shape index (κ3) is 3.30. The fourth-order valence-electron chi connectivity index (χ4n) is 1.60. The molecule has 0 spiro atoms. The lowest BCUT2D eigenvalue weighted by Gasteiger charge is -2.16. The Morgan fingerprint density at radius 3 is 2.67 bits per heavy atom.